The molecule has 2 aromatic heterocycles. The molecular formula is C23H23FN6O. The van der Waals surface area contributed by atoms with Crippen LogP contribution < -0.4 is 5.32 Å². The Morgan fingerprint density at radius 3 is 2.65 bits per heavy atom. The van der Waals surface area contributed by atoms with E-state index in [0.717, 1.165) is 42.8 Å². The second-order valence-corrected chi connectivity index (χ2v) is 8.56. The number of fused-ring (bicyclic) bond motifs is 2. The van der Waals surface area contributed by atoms with Crippen molar-refractivity contribution in [1.82, 2.24) is 24.8 Å². The molecule has 2 aliphatic heterocycles. The van der Waals surface area contributed by atoms with E-state index in [2.05, 4.69) is 32.2 Å². The maximum atomic E-state index is 13.3. The van der Waals surface area contributed by atoms with Crippen molar-refractivity contribution < 1.29 is 9.18 Å². The van der Waals surface area contributed by atoms with Gasteiger partial charge < -0.3 is 10.2 Å². The Labute approximate surface area is 179 Å². The van der Waals surface area contributed by atoms with Gasteiger partial charge >= 0.3 is 6.03 Å². The monoisotopic (exact) mass is 418 g/mol. The standard InChI is InChI=1S/C23H23FN6O/c1-14-8-18-11-23(10-14,21-25-6-3-7-26-21)30(18)22(31)29-17-5-4-15(2)19(9-17)20-27-12-16(24)13-28-20/h3-7,9,12-14,18H,8,10-11H2,1-2H3,(H,29,31)/t14-,18-,23+/m1/s1. The summed E-state index contributed by atoms with van der Waals surface area (Å²) in [6.07, 6.45) is 8.45. The van der Waals surface area contributed by atoms with Crippen LogP contribution >= 0.6 is 0 Å². The molecule has 1 aromatic carbocycles. The van der Waals surface area contributed by atoms with Crippen LogP contribution in [0.15, 0.2) is 49.1 Å². The zero-order valence-electron chi connectivity index (χ0n) is 17.4. The van der Waals surface area contributed by atoms with Crippen molar-refractivity contribution in [2.75, 3.05) is 5.32 Å². The number of hydrogen-bond donors (Lipinski definition) is 1. The number of carbonyl (C=O) groups is 1. The largest absolute Gasteiger partial charge is 0.322 e. The molecule has 8 heteroatoms. The van der Waals surface area contributed by atoms with Crippen LogP contribution in [0.1, 0.15) is 37.6 Å². The van der Waals surface area contributed by atoms with Gasteiger partial charge in [0.05, 0.1) is 12.4 Å². The lowest BCUT2D eigenvalue weighted by Crippen LogP contribution is -2.70. The number of carbonyl (C=O) groups excluding carboxylic acids is 1. The van der Waals surface area contributed by atoms with Crippen molar-refractivity contribution in [1.29, 1.82) is 0 Å². The highest BCUT2D eigenvalue weighted by atomic mass is 19.1. The second kappa shape index (κ2) is 7.37. The molecule has 2 bridgehead atoms. The summed E-state index contributed by atoms with van der Waals surface area (Å²) in [5, 5.41) is 3.03. The zero-order valence-corrected chi connectivity index (χ0v) is 17.4. The zero-order chi connectivity index (χ0) is 21.6. The highest BCUT2D eigenvalue weighted by molar-refractivity contribution is 5.92. The van der Waals surface area contributed by atoms with Crippen LogP contribution in [0.2, 0.25) is 0 Å². The molecule has 1 N–H and O–H groups in total. The lowest BCUT2D eigenvalue weighted by Gasteiger charge is -2.62. The smallest absolute Gasteiger partial charge is 0.308 e. The molecule has 4 heterocycles. The normalized spacial score (nSPS) is 24.4. The molecule has 0 saturated carbocycles. The molecule has 2 amide bonds. The fourth-order valence-electron chi connectivity index (χ4n) is 5.08. The first-order chi connectivity index (χ1) is 15.0. The van der Waals surface area contributed by atoms with Gasteiger partial charge in [-0.15, -0.1) is 0 Å². The quantitative estimate of drug-likeness (QED) is 0.685. The number of urea groups is 1. The predicted molar refractivity (Wildman–Crippen MR) is 114 cm³/mol. The fraction of sp³-hybridized carbons (Fsp3) is 0.348. The number of hydrogen-bond acceptors (Lipinski definition) is 5. The van der Waals surface area contributed by atoms with E-state index in [1.54, 1.807) is 18.5 Å². The van der Waals surface area contributed by atoms with Crippen molar-refractivity contribution in [2.45, 2.75) is 44.7 Å². The average molecular weight is 418 g/mol. The summed E-state index contributed by atoms with van der Waals surface area (Å²) < 4.78 is 13.2. The Morgan fingerprint density at radius 1 is 1.16 bits per heavy atom. The maximum Gasteiger partial charge on any atom is 0.322 e. The molecule has 0 unspecified atom stereocenters. The van der Waals surface area contributed by atoms with Crippen LogP contribution in [0.3, 0.4) is 0 Å². The van der Waals surface area contributed by atoms with Crippen LogP contribution in [0.5, 0.6) is 0 Å². The van der Waals surface area contributed by atoms with E-state index in [0.29, 0.717) is 23.3 Å². The topological polar surface area (TPSA) is 83.9 Å². The first-order valence-corrected chi connectivity index (χ1v) is 10.4. The molecule has 5 rings (SSSR count). The number of halogens is 1. The van der Waals surface area contributed by atoms with Gasteiger partial charge in [-0.25, -0.2) is 29.1 Å². The Hall–Kier alpha value is -3.42. The molecule has 2 fully saturated rings. The number of amides is 2. The summed E-state index contributed by atoms with van der Waals surface area (Å²) in [4.78, 5) is 32.4. The Bertz CT molecular complexity index is 1120. The van der Waals surface area contributed by atoms with E-state index < -0.39 is 11.4 Å². The molecule has 7 nitrogen and oxygen atoms in total. The molecule has 2 saturated heterocycles. The summed E-state index contributed by atoms with van der Waals surface area (Å²) in [5.41, 5.74) is 1.87. The van der Waals surface area contributed by atoms with Gasteiger partial charge in [-0.3, -0.25) is 0 Å². The van der Waals surface area contributed by atoms with Gasteiger partial charge in [-0.1, -0.05) is 13.0 Å². The molecule has 2 aliphatic rings. The van der Waals surface area contributed by atoms with Crippen LogP contribution in [0.25, 0.3) is 11.4 Å². The average Bonchev–Trinajstić information content (AvgIpc) is 2.76. The van der Waals surface area contributed by atoms with Gasteiger partial charge in [0, 0.05) is 29.7 Å². The number of anilines is 1. The number of rotatable bonds is 3. The third kappa shape index (κ3) is 3.32. The van der Waals surface area contributed by atoms with Crippen molar-refractivity contribution >= 4 is 11.7 Å². The van der Waals surface area contributed by atoms with Gasteiger partial charge in [0.15, 0.2) is 17.5 Å². The lowest BCUT2D eigenvalue weighted by molar-refractivity contribution is -0.100. The molecule has 158 valence electrons. The van der Waals surface area contributed by atoms with E-state index in [1.165, 1.54) is 0 Å². The van der Waals surface area contributed by atoms with Crippen LogP contribution in [0.4, 0.5) is 14.9 Å². The minimum Gasteiger partial charge on any atom is -0.308 e. The third-order valence-electron chi connectivity index (χ3n) is 6.31. The fourth-order valence-corrected chi connectivity index (χ4v) is 5.08. The van der Waals surface area contributed by atoms with Gasteiger partial charge in [-0.2, -0.15) is 0 Å². The van der Waals surface area contributed by atoms with Crippen molar-refractivity contribution in [2.24, 2.45) is 5.92 Å². The van der Waals surface area contributed by atoms with E-state index in [9.17, 15) is 9.18 Å². The molecular weight excluding hydrogens is 395 g/mol. The molecule has 0 radical (unpaired) electrons. The minimum absolute atomic E-state index is 0.162. The van der Waals surface area contributed by atoms with Gasteiger partial charge in [0.25, 0.3) is 0 Å². The van der Waals surface area contributed by atoms with E-state index in [1.807, 2.05) is 30.0 Å². The van der Waals surface area contributed by atoms with E-state index in [-0.39, 0.29) is 12.1 Å². The summed E-state index contributed by atoms with van der Waals surface area (Å²) >= 11 is 0. The minimum atomic E-state index is -0.488. The van der Waals surface area contributed by atoms with E-state index in [4.69, 9.17) is 0 Å². The number of benzene rings is 1. The van der Waals surface area contributed by atoms with E-state index >= 15 is 0 Å². The second-order valence-electron chi connectivity index (χ2n) is 8.56. The number of nitrogens with one attached hydrogen (secondary N) is 1. The van der Waals surface area contributed by atoms with Gasteiger partial charge in [0.2, 0.25) is 0 Å². The van der Waals surface area contributed by atoms with Gasteiger partial charge in [-0.05, 0) is 55.9 Å². The van der Waals surface area contributed by atoms with Gasteiger partial charge in [0.1, 0.15) is 5.54 Å². The Balaban J connectivity index is 1.42. The molecule has 0 spiro atoms. The maximum absolute atomic E-state index is 13.3. The lowest BCUT2D eigenvalue weighted by atomic mass is 9.64. The summed E-state index contributed by atoms with van der Waals surface area (Å²) in [6, 6.07) is 7.38. The molecule has 3 aromatic rings. The Morgan fingerprint density at radius 2 is 1.90 bits per heavy atom. The highest BCUT2D eigenvalue weighted by Gasteiger charge is 2.60. The SMILES string of the molecule is Cc1ccc(NC(=O)N2[C@@H]3C[C@@H](C)C[C@@]2(c2ncccn2)C3)cc1-c1ncc(F)cn1. The van der Waals surface area contributed by atoms with Crippen molar-refractivity contribution in [3.05, 3.63) is 66.3 Å². The van der Waals surface area contributed by atoms with Crippen LogP contribution in [-0.2, 0) is 5.54 Å². The summed E-state index contributed by atoms with van der Waals surface area (Å²) in [7, 11) is 0. The number of nitrogens with zero attached hydrogens (tertiary/aromatic N) is 5. The highest BCUT2D eigenvalue weighted by Crippen LogP contribution is 2.54. The van der Waals surface area contributed by atoms with Crippen molar-refractivity contribution in [3.63, 3.8) is 0 Å². The van der Waals surface area contributed by atoms with Crippen LogP contribution in [0, 0.1) is 18.7 Å². The summed E-state index contributed by atoms with van der Waals surface area (Å²) in [6.45, 7) is 4.14. The van der Waals surface area contributed by atoms with Crippen molar-refractivity contribution in [3.8, 4) is 11.4 Å². The first-order valence-electron chi connectivity index (χ1n) is 10.4. The summed E-state index contributed by atoms with van der Waals surface area (Å²) in [5.74, 6) is 1.14. The predicted octanol–water partition coefficient (Wildman–Crippen LogP) is 4.31. The number of aryl methyl sites for hydroxylation is 1. The third-order valence-corrected chi connectivity index (χ3v) is 6.31. The Kier molecular flexibility index (Phi) is 4.64. The number of piperidine rings is 1. The molecule has 31 heavy (non-hydrogen) atoms. The molecule has 3 atom stereocenters. The molecule has 0 aliphatic carbocycles. The number of aromatic nitrogens is 4. The first kappa shape index (κ1) is 19.5. The van der Waals surface area contributed by atoms with Crippen LogP contribution in [-0.4, -0.2) is 36.9 Å².